The number of phenols is 1. The van der Waals surface area contributed by atoms with E-state index in [0.717, 1.165) is 17.4 Å². The Morgan fingerprint density at radius 2 is 1.46 bits per heavy atom. The summed E-state index contributed by atoms with van der Waals surface area (Å²) in [6.07, 6.45) is 1.44. The van der Waals surface area contributed by atoms with Crippen LogP contribution in [0.3, 0.4) is 0 Å². The second kappa shape index (κ2) is 15.1. The summed E-state index contributed by atoms with van der Waals surface area (Å²) in [4.78, 5) is 52.3. The number of hydrogen-bond acceptors (Lipinski definition) is 8. The molecule has 4 amide bonds. The van der Waals surface area contributed by atoms with Crippen LogP contribution < -0.4 is 21.7 Å². The van der Waals surface area contributed by atoms with Gasteiger partial charge in [-0.25, -0.2) is 8.42 Å². The van der Waals surface area contributed by atoms with Crippen LogP contribution in [0.15, 0.2) is 54.6 Å². The average Bonchev–Trinajstić information content (AvgIpc) is 2.93. The molecule has 0 spiro atoms. The summed E-state index contributed by atoms with van der Waals surface area (Å²) in [6, 6.07) is 12.3. The fourth-order valence-corrected chi connectivity index (χ4v) is 4.12. The molecule has 224 valence electrons. The van der Waals surface area contributed by atoms with E-state index in [0.29, 0.717) is 0 Å². The highest BCUT2D eigenvalue weighted by Gasteiger charge is 2.29. The standard InChI is InChI=1S/C28H39N5O7S/c1-18(41(4,39)40)16-30-28(38)24(15-20-8-6-5-7-9-20)33(3)25(35)17-31-26(36)19(2)32-27(37)23(29)14-21-10-12-22(34)13-11-21/h5-13,18-19,23-24,34H,14-17,29H2,1-4H3,(H,30,38)(H,31,36)(H,32,37)/t18?,19-,23+,24+/m1/s1. The first-order valence-corrected chi connectivity index (χ1v) is 15.0. The summed E-state index contributed by atoms with van der Waals surface area (Å²) >= 11 is 0. The topological polar surface area (TPSA) is 188 Å². The summed E-state index contributed by atoms with van der Waals surface area (Å²) in [5.74, 6) is -2.19. The molecule has 1 unspecified atom stereocenters. The molecule has 0 aliphatic carbocycles. The molecule has 6 N–H and O–H groups in total. The number of nitrogens with one attached hydrogen (secondary N) is 3. The van der Waals surface area contributed by atoms with Crippen molar-refractivity contribution >= 4 is 33.5 Å². The first-order chi connectivity index (χ1) is 19.2. The molecule has 0 aromatic heterocycles. The zero-order valence-corrected chi connectivity index (χ0v) is 24.5. The second-order valence-electron chi connectivity index (χ2n) is 10.0. The van der Waals surface area contributed by atoms with Gasteiger partial charge in [0.05, 0.1) is 17.8 Å². The second-order valence-corrected chi connectivity index (χ2v) is 12.5. The lowest BCUT2D eigenvalue weighted by atomic mass is 10.0. The maximum Gasteiger partial charge on any atom is 0.243 e. The fraction of sp³-hybridized carbons (Fsp3) is 0.429. The van der Waals surface area contributed by atoms with E-state index >= 15 is 0 Å². The number of phenolic OH excluding ortho intramolecular Hbond substituents is 1. The summed E-state index contributed by atoms with van der Waals surface area (Å²) in [5.41, 5.74) is 7.47. The molecule has 0 radical (unpaired) electrons. The molecule has 12 nitrogen and oxygen atoms in total. The van der Waals surface area contributed by atoms with Gasteiger partial charge >= 0.3 is 0 Å². The quantitative estimate of drug-likeness (QED) is 0.195. The Morgan fingerprint density at radius 1 is 0.878 bits per heavy atom. The highest BCUT2D eigenvalue weighted by molar-refractivity contribution is 7.91. The van der Waals surface area contributed by atoms with Crippen molar-refractivity contribution in [2.75, 3.05) is 26.4 Å². The van der Waals surface area contributed by atoms with E-state index in [2.05, 4.69) is 16.0 Å². The van der Waals surface area contributed by atoms with E-state index in [1.807, 2.05) is 6.07 Å². The van der Waals surface area contributed by atoms with Crippen molar-refractivity contribution in [1.29, 1.82) is 0 Å². The molecule has 13 heteroatoms. The number of benzene rings is 2. The van der Waals surface area contributed by atoms with E-state index in [1.165, 1.54) is 37.9 Å². The number of carbonyl (C=O) groups excluding carboxylic acids is 4. The first-order valence-electron chi connectivity index (χ1n) is 13.1. The molecule has 0 aliphatic rings. The number of likely N-dealkylation sites (N-methyl/N-ethyl adjacent to an activating group) is 1. The molecule has 0 aliphatic heterocycles. The van der Waals surface area contributed by atoms with E-state index in [1.54, 1.807) is 36.4 Å². The Bertz CT molecular complexity index is 1300. The molecule has 0 fully saturated rings. The molecule has 0 saturated heterocycles. The van der Waals surface area contributed by atoms with Gasteiger partial charge in [0.1, 0.15) is 17.8 Å². The third kappa shape index (κ3) is 10.8. The van der Waals surface area contributed by atoms with Crippen LogP contribution in [0, 0.1) is 0 Å². The molecule has 0 bridgehead atoms. The Hall–Kier alpha value is -3.97. The minimum atomic E-state index is -3.37. The van der Waals surface area contributed by atoms with Gasteiger partial charge in [0.25, 0.3) is 0 Å². The van der Waals surface area contributed by atoms with Crippen LogP contribution >= 0.6 is 0 Å². The predicted octanol–water partition coefficient (Wildman–Crippen LogP) is -0.498. The van der Waals surface area contributed by atoms with Crippen molar-refractivity contribution in [3.8, 4) is 5.75 Å². The number of nitrogens with zero attached hydrogens (tertiary/aromatic N) is 1. The van der Waals surface area contributed by atoms with Gasteiger partial charge in [-0.3, -0.25) is 19.2 Å². The van der Waals surface area contributed by atoms with Gasteiger partial charge in [-0.1, -0.05) is 42.5 Å². The van der Waals surface area contributed by atoms with E-state index < -0.39 is 63.4 Å². The highest BCUT2D eigenvalue weighted by Crippen LogP contribution is 2.11. The van der Waals surface area contributed by atoms with Crippen molar-refractivity contribution in [2.24, 2.45) is 5.73 Å². The summed E-state index contributed by atoms with van der Waals surface area (Å²) < 4.78 is 23.5. The number of aromatic hydroxyl groups is 1. The van der Waals surface area contributed by atoms with Crippen molar-refractivity contribution in [2.45, 2.75) is 50.1 Å². The lowest BCUT2D eigenvalue weighted by Gasteiger charge is -2.28. The lowest BCUT2D eigenvalue weighted by Crippen LogP contribution is -2.54. The van der Waals surface area contributed by atoms with Crippen LogP contribution in [0.25, 0.3) is 0 Å². The van der Waals surface area contributed by atoms with Crippen LogP contribution in [0.1, 0.15) is 25.0 Å². The third-order valence-corrected chi connectivity index (χ3v) is 8.25. The van der Waals surface area contributed by atoms with Gasteiger partial charge < -0.3 is 31.7 Å². The molecule has 4 atom stereocenters. The molecular formula is C28H39N5O7S. The Kier molecular flexibility index (Phi) is 12.3. The number of rotatable bonds is 14. The summed E-state index contributed by atoms with van der Waals surface area (Å²) in [5, 5.41) is 16.2. The molecule has 0 saturated carbocycles. The fourth-order valence-electron chi connectivity index (χ4n) is 3.74. The molecule has 2 aromatic rings. The monoisotopic (exact) mass is 589 g/mol. The molecular weight excluding hydrogens is 550 g/mol. The zero-order chi connectivity index (χ0) is 30.7. The van der Waals surface area contributed by atoms with Crippen molar-refractivity contribution in [3.63, 3.8) is 0 Å². The van der Waals surface area contributed by atoms with Crippen LogP contribution in [-0.4, -0.2) is 91.8 Å². The number of carbonyl (C=O) groups is 4. The minimum Gasteiger partial charge on any atom is -0.508 e. The van der Waals surface area contributed by atoms with E-state index in [-0.39, 0.29) is 25.1 Å². The van der Waals surface area contributed by atoms with Crippen LogP contribution in [-0.2, 0) is 41.9 Å². The normalized spacial score (nSPS) is 14.2. The average molecular weight is 590 g/mol. The Labute approximate surface area is 240 Å². The van der Waals surface area contributed by atoms with E-state index in [9.17, 15) is 32.7 Å². The van der Waals surface area contributed by atoms with Crippen molar-refractivity contribution in [1.82, 2.24) is 20.9 Å². The van der Waals surface area contributed by atoms with E-state index in [4.69, 9.17) is 5.73 Å². The van der Waals surface area contributed by atoms with Gasteiger partial charge in [0.15, 0.2) is 9.84 Å². The largest absolute Gasteiger partial charge is 0.508 e. The third-order valence-electron chi connectivity index (χ3n) is 6.62. The lowest BCUT2D eigenvalue weighted by molar-refractivity contribution is -0.139. The minimum absolute atomic E-state index is 0.0887. The van der Waals surface area contributed by atoms with Gasteiger partial charge in [-0.15, -0.1) is 0 Å². The van der Waals surface area contributed by atoms with Crippen LogP contribution in [0.5, 0.6) is 5.75 Å². The van der Waals surface area contributed by atoms with Crippen molar-refractivity contribution in [3.05, 3.63) is 65.7 Å². The first kappa shape index (κ1) is 33.2. The zero-order valence-electron chi connectivity index (χ0n) is 23.7. The van der Waals surface area contributed by atoms with Gasteiger partial charge in [-0.05, 0) is 43.5 Å². The molecule has 2 rings (SSSR count). The maximum atomic E-state index is 13.0. The Morgan fingerprint density at radius 3 is 2.05 bits per heavy atom. The predicted molar refractivity (Wildman–Crippen MR) is 154 cm³/mol. The van der Waals surface area contributed by atoms with Crippen molar-refractivity contribution < 1.29 is 32.7 Å². The number of sulfone groups is 1. The molecule has 0 heterocycles. The van der Waals surface area contributed by atoms with Crippen LogP contribution in [0.4, 0.5) is 0 Å². The number of hydrogen-bond donors (Lipinski definition) is 5. The van der Waals surface area contributed by atoms with Gasteiger partial charge in [-0.2, -0.15) is 0 Å². The van der Waals surface area contributed by atoms with Gasteiger partial charge in [0, 0.05) is 26.3 Å². The van der Waals surface area contributed by atoms with Crippen LogP contribution in [0.2, 0.25) is 0 Å². The summed E-state index contributed by atoms with van der Waals surface area (Å²) in [6.45, 7) is 2.37. The molecule has 41 heavy (non-hydrogen) atoms. The maximum absolute atomic E-state index is 13.0. The summed E-state index contributed by atoms with van der Waals surface area (Å²) in [7, 11) is -1.94. The number of amides is 4. The highest BCUT2D eigenvalue weighted by atomic mass is 32.2. The Balaban J connectivity index is 1.96. The van der Waals surface area contributed by atoms with Gasteiger partial charge in [0.2, 0.25) is 23.6 Å². The SMILES string of the molecule is CC(CNC(=O)[C@H](Cc1ccccc1)N(C)C(=O)CNC(=O)[C@@H](C)NC(=O)[C@@H](N)Cc1ccc(O)cc1)S(C)(=O)=O. The smallest absolute Gasteiger partial charge is 0.243 e. The number of nitrogens with two attached hydrogens (primary N) is 1. The molecule has 2 aromatic carbocycles.